The Labute approximate surface area is 140 Å². The lowest BCUT2D eigenvalue weighted by Gasteiger charge is -2.19. The van der Waals surface area contributed by atoms with Crippen LogP contribution in [0.25, 0.3) is 0 Å². The van der Waals surface area contributed by atoms with Crippen LogP contribution in [0.15, 0.2) is 54.6 Å². The second-order valence-electron chi connectivity index (χ2n) is 5.52. The predicted molar refractivity (Wildman–Crippen MR) is 95.8 cm³/mol. The van der Waals surface area contributed by atoms with Crippen molar-refractivity contribution < 1.29 is 9.00 Å². The van der Waals surface area contributed by atoms with Crippen molar-refractivity contribution in [1.29, 1.82) is 0 Å². The lowest BCUT2D eigenvalue weighted by atomic mass is 10.0. The summed E-state index contributed by atoms with van der Waals surface area (Å²) >= 11 is 0. The zero-order valence-corrected chi connectivity index (χ0v) is 14.4. The van der Waals surface area contributed by atoms with Crippen LogP contribution in [0.4, 0.5) is 0 Å². The van der Waals surface area contributed by atoms with Gasteiger partial charge >= 0.3 is 0 Å². The highest BCUT2D eigenvalue weighted by atomic mass is 32.2. The normalized spacial score (nSPS) is 13.3. The minimum atomic E-state index is -1.32. The summed E-state index contributed by atoms with van der Waals surface area (Å²) in [5, 5.41) is 2.52. The summed E-state index contributed by atoms with van der Waals surface area (Å²) in [5.74, 6) is -0.131. The van der Waals surface area contributed by atoms with Crippen molar-refractivity contribution in [2.45, 2.75) is 25.5 Å². The fraction of sp³-hybridized carbons (Fsp3) is 0.316. The number of benzene rings is 2. The van der Waals surface area contributed by atoms with Crippen molar-refractivity contribution in [3.8, 4) is 0 Å². The number of amides is 1. The van der Waals surface area contributed by atoms with Crippen molar-refractivity contribution >= 4 is 16.7 Å². The van der Waals surface area contributed by atoms with Gasteiger partial charge in [-0.2, -0.15) is 0 Å². The van der Waals surface area contributed by atoms with E-state index in [9.17, 15) is 9.00 Å². The van der Waals surface area contributed by atoms with E-state index in [0.717, 1.165) is 23.1 Å². The minimum absolute atomic E-state index is 0.0217. The SMILES string of the molecule is CCCNC(=O)C[S@](=O)[C@@H](c1ccccc1)c1ccccc1C. The first-order valence-electron chi connectivity index (χ1n) is 7.87. The molecular formula is C19H23NO2S. The number of nitrogens with one attached hydrogen (secondary N) is 1. The maximum absolute atomic E-state index is 12.9. The van der Waals surface area contributed by atoms with Gasteiger partial charge in [0.15, 0.2) is 0 Å². The lowest BCUT2D eigenvalue weighted by Crippen LogP contribution is -2.30. The highest BCUT2D eigenvalue weighted by Crippen LogP contribution is 2.30. The van der Waals surface area contributed by atoms with E-state index in [1.807, 2.05) is 68.4 Å². The predicted octanol–water partition coefficient (Wildman–Crippen LogP) is 3.36. The highest BCUT2D eigenvalue weighted by Gasteiger charge is 2.24. The molecule has 3 nitrogen and oxygen atoms in total. The molecule has 0 aliphatic heterocycles. The average Bonchev–Trinajstić information content (AvgIpc) is 2.56. The lowest BCUT2D eigenvalue weighted by molar-refractivity contribution is -0.118. The molecule has 23 heavy (non-hydrogen) atoms. The van der Waals surface area contributed by atoms with Gasteiger partial charge in [-0.3, -0.25) is 9.00 Å². The topological polar surface area (TPSA) is 46.2 Å². The van der Waals surface area contributed by atoms with Gasteiger partial charge in [0.1, 0.15) is 5.75 Å². The standard InChI is InChI=1S/C19H23NO2S/c1-3-13-20-18(21)14-23(22)19(16-10-5-4-6-11-16)17-12-8-7-9-15(17)2/h4-12,19H,3,13-14H2,1-2H3,(H,20,21)/t19-,23-/m0/s1. The first-order chi connectivity index (χ1) is 11.1. The molecule has 0 saturated carbocycles. The van der Waals surface area contributed by atoms with Crippen LogP contribution in [-0.2, 0) is 15.6 Å². The van der Waals surface area contributed by atoms with Crippen LogP contribution >= 0.6 is 0 Å². The van der Waals surface area contributed by atoms with Gasteiger partial charge in [-0.25, -0.2) is 0 Å². The Morgan fingerprint density at radius 1 is 1.09 bits per heavy atom. The summed E-state index contributed by atoms with van der Waals surface area (Å²) in [7, 11) is -1.32. The van der Waals surface area contributed by atoms with Crippen LogP contribution < -0.4 is 5.32 Å². The Hall–Kier alpha value is -1.94. The fourth-order valence-corrected chi connectivity index (χ4v) is 4.05. The Balaban J connectivity index is 2.30. The number of hydrogen-bond donors (Lipinski definition) is 1. The first kappa shape index (κ1) is 17.4. The third-order valence-corrected chi connectivity index (χ3v) is 5.28. The largest absolute Gasteiger partial charge is 0.355 e. The molecule has 0 aromatic heterocycles. The molecule has 0 aliphatic rings. The molecule has 122 valence electrons. The zero-order chi connectivity index (χ0) is 16.7. The van der Waals surface area contributed by atoms with Crippen LogP contribution in [0, 0.1) is 6.92 Å². The minimum Gasteiger partial charge on any atom is -0.355 e. The van der Waals surface area contributed by atoms with E-state index in [0.29, 0.717) is 6.54 Å². The molecule has 2 atom stereocenters. The summed E-state index contributed by atoms with van der Waals surface area (Å²) in [5.41, 5.74) is 3.08. The Morgan fingerprint density at radius 2 is 1.74 bits per heavy atom. The van der Waals surface area contributed by atoms with Crippen molar-refractivity contribution in [2.24, 2.45) is 0 Å². The van der Waals surface area contributed by atoms with Gasteiger partial charge in [0.2, 0.25) is 5.91 Å². The van der Waals surface area contributed by atoms with E-state index in [4.69, 9.17) is 0 Å². The maximum atomic E-state index is 12.9. The fourth-order valence-electron chi connectivity index (χ4n) is 2.51. The van der Waals surface area contributed by atoms with Crippen molar-refractivity contribution in [1.82, 2.24) is 5.32 Å². The molecule has 0 aliphatic carbocycles. The third kappa shape index (κ3) is 4.76. The maximum Gasteiger partial charge on any atom is 0.232 e. The Kier molecular flexibility index (Phi) is 6.53. The van der Waals surface area contributed by atoms with Gasteiger partial charge in [0, 0.05) is 17.3 Å². The second kappa shape index (κ2) is 8.63. The Morgan fingerprint density at radius 3 is 2.39 bits per heavy atom. The molecule has 0 radical (unpaired) electrons. The van der Waals surface area contributed by atoms with E-state index < -0.39 is 10.8 Å². The van der Waals surface area contributed by atoms with Crippen molar-refractivity contribution in [3.05, 3.63) is 71.3 Å². The third-order valence-electron chi connectivity index (χ3n) is 3.68. The molecule has 2 rings (SSSR count). The molecule has 0 heterocycles. The second-order valence-corrected chi connectivity index (χ2v) is 7.04. The van der Waals surface area contributed by atoms with E-state index in [-0.39, 0.29) is 16.9 Å². The molecule has 0 spiro atoms. The molecule has 0 fully saturated rings. The molecule has 4 heteroatoms. The molecule has 0 unspecified atom stereocenters. The molecule has 1 N–H and O–H groups in total. The van der Waals surface area contributed by atoms with Gasteiger partial charge in [-0.15, -0.1) is 0 Å². The summed E-state index contributed by atoms with van der Waals surface area (Å²) < 4.78 is 12.9. The van der Waals surface area contributed by atoms with E-state index >= 15 is 0 Å². The molecule has 1 amide bonds. The monoisotopic (exact) mass is 329 g/mol. The van der Waals surface area contributed by atoms with Crippen LogP contribution in [0.5, 0.6) is 0 Å². The number of hydrogen-bond acceptors (Lipinski definition) is 2. The van der Waals surface area contributed by atoms with E-state index in [1.54, 1.807) is 0 Å². The van der Waals surface area contributed by atoms with Crippen molar-refractivity contribution in [3.63, 3.8) is 0 Å². The van der Waals surface area contributed by atoms with Gasteiger partial charge < -0.3 is 5.32 Å². The van der Waals surface area contributed by atoms with Crippen LogP contribution in [0.2, 0.25) is 0 Å². The van der Waals surface area contributed by atoms with Gasteiger partial charge in [0.05, 0.1) is 5.25 Å². The van der Waals surface area contributed by atoms with E-state index in [1.165, 1.54) is 0 Å². The molecule has 2 aromatic carbocycles. The average molecular weight is 329 g/mol. The first-order valence-corrected chi connectivity index (χ1v) is 9.26. The van der Waals surface area contributed by atoms with Crippen molar-refractivity contribution in [2.75, 3.05) is 12.3 Å². The number of carbonyl (C=O) groups is 1. The molecule has 0 bridgehead atoms. The number of carbonyl (C=O) groups excluding carboxylic acids is 1. The van der Waals surface area contributed by atoms with Gasteiger partial charge in [0.25, 0.3) is 0 Å². The molecule has 2 aromatic rings. The highest BCUT2D eigenvalue weighted by molar-refractivity contribution is 7.86. The molecule has 0 saturated heterocycles. The van der Waals surface area contributed by atoms with Crippen LogP contribution in [0.3, 0.4) is 0 Å². The summed E-state index contributed by atoms with van der Waals surface area (Å²) in [6, 6.07) is 17.7. The number of rotatable bonds is 7. The zero-order valence-electron chi connectivity index (χ0n) is 13.6. The smallest absolute Gasteiger partial charge is 0.232 e. The summed E-state index contributed by atoms with van der Waals surface area (Å²) in [6.07, 6.45) is 0.873. The Bertz CT molecular complexity index is 670. The van der Waals surface area contributed by atoms with E-state index in [2.05, 4.69) is 5.32 Å². The quantitative estimate of drug-likeness (QED) is 0.846. The molecular weight excluding hydrogens is 306 g/mol. The summed E-state index contributed by atoms with van der Waals surface area (Å²) in [4.78, 5) is 12.0. The van der Waals surface area contributed by atoms with Gasteiger partial charge in [-0.1, -0.05) is 61.5 Å². The van der Waals surface area contributed by atoms with Crippen LogP contribution in [-0.4, -0.2) is 22.4 Å². The van der Waals surface area contributed by atoms with Crippen LogP contribution in [0.1, 0.15) is 35.3 Å². The van der Waals surface area contributed by atoms with Gasteiger partial charge in [-0.05, 0) is 30.0 Å². The number of aryl methyl sites for hydroxylation is 1. The summed E-state index contributed by atoms with van der Waals surface area (Å²) in [6.45, 7) is 4.63.